The Labute approximate surface area is 117 Å². The second-order valence-electron chi connectivity index (χ2n) is 4.70. The van der Waals surface area contributed by atoms with E-state index in [9.17, 15) is 14.7 Å². The molecule has 0 spiro atoms. The van der Waals surface area contributed by atoms with E-state index in [4.69, 9.17) is 0 Å². The molecule has 0 aromatic heterocycles. The van der Waals surface area contributed by atoms with Gasteiger partial charge in [-0.25, -0.2) is 0 Å². The molecule has 20 heavy (non-hydrogen) atoms. The Morgan fingerprint density at radius 2 is 1.55 bits per heavy atom. The number of carbonyl (C=O) groups excluding carboxylic acids is 2. The van der Waals surface area contributed by atoms with E-state index in [1.165, 1.54) is 0 Å². The molecule has 0 radical (unpaired) electrons. The molecule has 1 unspecified atom stereocenters. The molecule has 0 bridgehead atoms. The molecule has 0 amide bonds. The van der Waals surface area contributed by atoms with Crippen LogP contribution in [0.3, 0.4) is 0 Å². The van der Waals surface area contributed by atoms with E-state index in [0.717, 1.165) is 0 Å². The number of ketones is 1. The fourth-order valence-electron chi connectivity index (χ4n) is 2.07. The van der Waals surface area contributed by atoms with E-state index in [1.54, 1.807) is 48.5 Å². The number of hydrogen-bond acceptors (Lipinski definition) is 3. The van der Waals surface area contributed by atoms with Crippen LogP contribution < -0.4 is 0 Å². The van der Waals surface area contributed by atoms with Crippen molar-refractivity contribution >= 4 is 12.1 Å². The lowest BCUT2D eigenvalue weighted by atomic mass is 9.89. The van der Waals surface area contributed by atoms with Crippen molar-refractivity contribution in [3.05, 3.63) is 71.8 Å². The highest BCUT2D eigenvalue weighted by Crippen LogP contribution is 2.25. The maximum atomic E-state index is 12.0. The first-order valence-electron chi connectivity index (χ1n) is 6.48. The summed E-state index contributed by atoms with van der Waals surface area (Å²) in [5.74, 6) is -0.0817. The van der Waals surface area contributed by atoms with Crippen molar-refractivity contribution < 1.29 is 14.7 Å². The van der Waals surface area contributed by atoms with E-state index in [2.05, 4.69) is 0 Å². The monoisotopic (exact) mass is 268 g/mol. The molecule has 0 saturated heterocycles. The first kappa shape index (κ1) is 14.2. The van der Waals surface area contributed by atoms with Crippen LogP contribution in [0.2, 0.25) is 0 Å². The molecule has 2 aromatic rings. The molecule has 0 aliphatic heterocycles. The highest BCUT2D eigenvalue weighted by molar-refractivity contribution is 5.96. The summed E-state index contributed by atoms with van der Waals surface area (Å²) in [4.78, 5) is 23.2. The van der Waals surface area contributed by atoms with E-state index in [1.807, 2.05) is 12.1 Å². The predicted octanol–water partition coefficient (Wildman–Crippen LogP) is 2.74. The summed E-state index contributed by atoms with van der Waals surface area (Å²) >= 11 is 0. The van der Waals surface area contributed by atoms with Crippen molar-refractivity contribution in [2.75, 3.05) is 0 Å². The number of carbonyl (C=O) groups is 2. The summed E-state index contributed by atoms with van der Waals surface area (Å²) in [5.41, 5.74) is -0.504. The first-order valence-corrected chi connectivity index (χ1v) is 6.48. The number of rotatable bonds is 6. The van der Waals surface area contributed by atoms with Crippen LogP contribution in [0.4, 0.5) is 0 Å². The van der Waals surface area contributed by atoms with Gasteiger partial charge in [-0.15, -0.1) is 0 Å². The molecule has 0 fully saturated rings. The van der Waals surface area contributed by atoms with Crippen molar-refractivity contribution in [3.8, 4) is 0 Å². The normalized spacial score (nSPS) is 13.4. The van der Waals surface area contributed by atoms with Crippen molar-refractivity contribution in [2.24, 2.45) is 0 Å². The SMILES string of the molecule is O=CC(O)(CCC(=O)c1ccccc1)c1ccccc1. The van der Waals surface area contributed by atoms with Crippen molar-refractivity contribution in [1.29, 1.82) is 0 Å². The highest BCUT2D eigenvalue weighted by Gasteiger charge is 2.29. The Balaban J connectivity index is 2.08. The minimum Gasteiger partial charge on any atom is -0.378 e. The van der Waals surface area contributed by atoms with Crippen LogP contribution >= 0.6 is 0 Å². The second-order valence-corrected chi connectivity index (χ2v) is 4.70. The molecule has 2 aromatic carbocycles. The summed E-state index contributed by atoms with van der Waals surface area (Å²) < 4.78 is 0. The van der Waals surface area contributed by atoms with Crippen LogP contribution in [0.5, 0.6) is 0 Å². The van der Waals surface area contributed by atoms with E-state index in [0.29, 0.717) is 17.4 Å². The molecule has 0 aliphatic rings. The van der Waals surface area contributed by atoms with Gasteiger partial charge in [0.1, 0.15) is 5.60 Å². The summed E-state index contributed by atoms with van der Waals surface area (Å²) in [7, 11) is 0. The maximum absolute atomic E-state index is 12.0. The summed E-state index contributed by atoms with van der Waals surface area (Å²) in [6.45, 7) is 0. The number of aliphatic hydroxyl groups is 1. The Kier molecular flexibility index (Phi) is 4.43. The van der Waals surface area contributed by atoms with Crippen LogP contribution in [0.1, 0.15) is 28.8 Å². The van der Waals surface area contributed by atoms with Gasteiger partial charge in [0.25, 0.3) is 0 Å². The van der Waals surface area contributed by atoms with Crippen molar-refractivity contribution in [3.63, 3.8) is 0 Å². The zero-order valence-electron chi connectivity index (χ0n) is 11.0. The van der Waals surface area contributed by atoms with E-state index in [-0.39, 0.29) is 18.6 Å². The zero-order chi connectivity index (χ0) is 14.4. The lowest BCUT2D eigenvalue weighted by Gasteiger charge is -2.21. The average molecular weight is 268 g/mol. The van der Waals surface area contributed by atoms with Gasteiger partial charge < -0.3 is 5.11 Å². The molecular weight excluding hydrogens is 252 g/mol. The van der Waals surface area contributed by atoms with Gasteiger partial charge in [0.05, 0.1) is 0 Å². The molecule has 0 saturated carbocycles. The number of aldehydes is 1. The van der Waals surface area contributed by atoms with Gasteiger partial charge in [-0.1, -0.05) is 60.7 Å². The lowest BCUT2D eigenvalue weighted by Crippen LogP contribution is -2.28. The predicted molar refractivity (Wildman–Crippen MR) is 76.4 cm³/mol. The van der Waals surface area contributed by atoms with Crippen LogP contribution in [-0.4, -0.2) is 17.2 Å². The fourth-order valence-corrected chi connectivity index (χ4v) is 2.07. The third kappa shape index (κ3) is 3.19. The van der Waals surface area contributed by atoms with Gasteiger partial charge in [0, 0.05) is 12.0 Å². The maximum Gasteiger partial charge on any atom is 0.163 e. The summed E-state index contributed by atoms with van der Waals surface area (Å²) in [6.07, 6.45) is 0.697. The standard InChI is InChI=1S/C17H16O3/c18-13-17(20,15-9-5-2-6-10-15)12-11-16(19)14-7-3-1-4-8-14/h1-10,13,20H,11-12H2. The number of Topliss-reactive ketones (excluding diaryl/α,β-unsaturated/α-hetero) is 1. The van der Waals surface area contributed by atoms with Gasteiger partial charge in [-0.2, -0.15) is 0 Å². The van der Waals surface area contributed by atoms with Crippen molar-refractivity contribution in [1.82, 2.24) is 0 Å². The second kappa shape index (κ2) is 6.26. The minimum absolute atomic E-state index is 0.0776. The van der Waals surface area contributed by atoms with Crippen molar-refractivity contribution in [2.45, 2.75) is 18.4 Å². The van der Waals surface area contributed by atoms with Crippen LogP contribution in [-0.2, 0) is 10.4 Å². The molecule has 2 rings (SSSR count). The quantitative estimate of drug-likeness (QED) is 0.647. The van der Waals surface area contributed by atoms with Gasteiger partial charge in [-0.3, -0.25) is 9.59 Å². The molecule has 0 aliphatic carbocycles. The molecule has 0 heterocycles. The van der Waals surface area contributed by atoms with Crippen LogP contribution in [0.15, 0.2) is 60.7 Å². The third-order valence-corrected chi connectivity index (χ3v) is 3.30. The Morgan fingerprint density at radius 3 is 2.10 bits per heavy atom. The van der Waals surface area contributed by atoms with Crippen LogP contribution in [0, 0.1) is 0 Å². The van der Waals surface area contributed by atoms with Gasteiger partial charge >= 0.3 is 0 Å². The summed E-state index contributed by atoms with van der Waals surface area (Å²) in [5, 5.41) is 10.4. The van der Waals surface area contributed by atoms with Crippen LogP contribution in [0.25, 0.3) is 0 Å². The van der Waals surface area contributed by atoms with E-state index >= 15 is 0 Å². The number of benzene rings is 2. The van der Waals surface area contributed by atoms with Gasteiger partial charge in [0.15, 0.2) is 12.1 Å². The Bertz CT molecular complexity index is 578. The Morgan fingerprint density at radius 1 is 1.00 bits per heavy atom. The molecule has 102 valence electrons. The molecule has 1 atom stereocenters. The molecule has 3 heteroatoms. The molecule has 3 nitrogen and oxygen atoms in total. The average Bonchev–Trinajstić information content (AvgIpc) is 2.54. The fraction of sp³-hybridized carbons (Fsp3) is 0.176. The third-order valence-electron chi connectivity index (χ3n) is 3.30. The smallest absolute Gasteiger partial charge is 0.163 e. The summed E-state index contributed by atoms with van der Waals surface area (Å²) in [6, 6.07) is 17.5. The van der Waals surface area contributed by atoms with Gasteiger partial charge in [-0.05, 0) is 12.0 Å². The van der Waals surface area contributed by atoms with Gasteiger partial charge in [0.2, 0.25) is 0 Å². The van der Waals surface area contributed by atoms with E-state index < -0.39 is 5.60 Å². The Hall–Kier alpha value is -2.26. The molecule has 1 N–H and O–H groups in total. The minimum atomic E-state index is -1.61. The first-order chi connectivity index (χ1) is 9.65. The molecular formula is C17H16O3. The lowest BCUT2D eigenvalue weighted by molar-refractivity contribution is -0.125. The number of hydrogen-bond donors (Lipinski definition) is 1. The highest BCUT2D eigenvalue weighted by atomic mass is 16.3. The topological polar surface area (TPSA) is 54.4 Å². The zero-order valence-corrected chi connectivity index (χ0v) is 11.0. The largest absolute Gasteiger partial charge is 0.378 e.